The number of allylic oxidation sites excluding steroid dienone is 1. The van der Waals surface area contributed by atoms with E-state index in [1.54, 1.807) is 12.4 Å². The Morgan fingerprint density at radius 3 is 2.77 bits per heavy atom. The fraction of sp³-hybridized carbons (Fsp3) is 0.273. The van der Waals surface area contributed by atoms with Gasteiger partial charge < -0.3 is 4.85 Å². The quantitative estimate of drug-likeness (QED) is 0.506. The van der Waals surface area contributed by atoms with E-state index in [4.69, 9.17) is 6.57 Å². The highest BCUT2D eigenvalue weighted by Crippen LogP contribution is 2.20. The van der Waals surface area contributed by atoms with Gasteiger partial charge in [0.2, 0.25) is 0 Å². The maximum Gasteiger partial charge on any atom is 0.252 e. The molecule has 0 N–H and O–H groups in total. The molecule has 1 atom stereocenters. The van der Waals surface area contributed by atoms with Crippen molar-refractivity contribution in [2.24, 2.45) is 0 Å². The molecule has 0 aliphatic carbocycles. The molecule has 0 saturated carbocycles. The molecule has 1 aromatic heterocycles. The van der Waals surface area contributed by atoms with Crippen molar-refractivity contribution in [3.8, 4) is 0 Å². The first-order valence-electron chi connectivity index (χ1n) is 4.26. The van der Waals surface area contributed by atoms with E-state index in [2.05, 4.69) is 9.83 Å². The van der Waals surface area contributed by atoms with Crippen LogP contribution in [0.2, 0.25) is 0 Å². The van der Waals surface area contributed by atoms with Crippen LogP contribution in [0, 0.1) is 6.57 Å². The van der Waals surface area contributed by atoms with Crippen molar-refractivity contribution < 1.29 is 0 Å². The van der Waals surface area contributed by atoms with Crippen LogP contribution in [0.1, 0.15) is 24.9 Å². The van der Waals surface area contributed by atoms with Crippen LogP contribution in [0.3, 0.4) is 0 Å². The number of nitrogens with zero attached hydrogens (tertiary/aromatic N) is 2. The third-order valence-corrected chi connectivity index (χ3v) is 1.84. The average Bonchev–Trinajstić information content (AvgIpc) is 2.21. The molecule has 2 nitrogen and oxygen atoms in total. The van der Waals surface area contributed by atoms with E-state index in [1.807, 2.05) is 31.2 Å². The maximum absolute atomic E-state index is 7.05. The zero-order valence-electron chi connectivity index (χ0n) is 7.64. The van der Waals surface area contributed by atoms with Gasteiger partial charge in [0, 0.05) is 24.4 Å². The Hall–Kier alpha value is -1.62. The highest BCUT2D eigenvalue weighted by Gasteiger charge is 2.12. The van der Waals surface area contributed by atoms with Gasteiger partial charge in [0.15, 0.2) is 0 Å². The minimum absolute atomic E-state index is 0.0563. The summed E-state index contributed by atoms with van der Waals surface area (Å²) in [6.45, 7) is 9.01. The molecule has 0 radical (unpaired) electrons. The predicted octanol–water partition coefficient (Wildman–Crippen LogP) is 3.01. The average molecular weight is 172 g/mol. The van der Waals surface area contributed by atoms with Crippen LogP contribution >= 0.6 is 0 Å². The lowest BCUT2D eigenvalue weighted by atomic mass is 10.1. The van der Waals surface area contributed by atoms with Crippen molar-refractivity contribution in [1.82, 2.24) is 4.98 Å². The van der Waals surface area contributed by atoms with E-state index < -0.39 is 0 Å². The van der Waals surface area contributed by atoms with Gasteiger partial charge in [-0.3, -0.25) is 4.98 Å². The second kappa shape index (κ2) is 5.10. The molecular weight excluding hydrogens is 160 g/mol. The number of pyridine rings is 1. The van der Waals surface area contributed by atoms with Crippen LogP contribution in [-0.4, -0.2) is 4.98 Å². The second-order valence-corrected chi connectivity index (χ2v) is 2.73. The van der Waals surface area contributed by atoms with Crippen molar-refractivity contribution >= 4 is 0 Å². The molecule has 1 rings (SSSR count). The number of hydrogen-bond donors (Lipinski definition) is 0. The van der Waals surface area contributed by atoms with Crippen molar-refractivity contribution in [3.05, 3.63) is 53.7 Å². The van der Waals surface area contributed by atoms with Gasteiger partial charge in [0.05, 0.1) is 0 Å². The molecule has 0 bridgehead atoms. The summed E-state index contributed by atoms with van der Waals surface area (Å²) >= 11 is 0. The Bertz CT molecular complexity index is 309. The Balaban J connectivity index is 2.74. The third-order valence-electron chi connectivity index (χ3n) is 1.84. The summed E-state index contributed by atoms with van der Waals surface area (Å²) in [4.78, 5) is 7.49. The van der Waals surface area contributed by atoms with Crippen LogP contribution in [0.5, 0.6) is 0 Å². The van der Waals surface area contributed by atoms with Gasteiger partial charge in [-0.1, -0.05) is 12.2 Å². The second-order valence-electron chi connectivity index (χ2n) is 2.73. The van der Waals surface area contributed by atoms with E-state index in [0.717, 1.165) is 12.0 Å². The zero-order chi connectivity index (χ0) is 9.52. The summed E-state index contributed by atoms with van der Waals surface area (Å²) < 4.78 is 0. The summed E-state index contributed by atoms with van der Waals surface area (Å²) in [6.07, 6.45) is 8.22. The Kier molecular flexibility index (Phi) is 3.72. The summed E-state index contributed by atoms with van der Waals surface area (Å²) in [5.74, 6) is 0. The normalized spacial score (nSPS) is 12.6. The van der Waals surface area contributed by atoms with Gasteiger partial charge >= 0.3 is 0 Å². The fourth-order valence-electron chi connectivity index (χ4n) is 1.11. The topological polar surface area (TPSA) is 17.2 Å². The van der Waals surface area contributed by atoms with Gasteiger partial charge in [0.25, 0.3) is 6.04 Å². The van der Waals surface area contributed by atoms with Crippen molar-refractivity contribution in [2.45, 2.75) is 19.4 Å². The highest BCUT2D eigenvalue weighted by molar-refractivity contribution is 5.19. The molecule has 1 aromatic rings. The van der Waals surface area contributed by atoms with Crippen molar-refractivity contribution in [2.75, 3.05) is 0 Å². The van der Waals surface area contributed by atoms with E-state index in [-0.39, 0.29) is 6.04 Å². The van der Waals surface area contributed by atoms with E-state index in [1.165, 1.54) is 0 Å². The fourth-order valence-corrected chi connectivity index (χ4v) is 1.11. The largest absolute Gasteiger partial charge is 0.308 e. The van der Waals surface area contributed by atoms with Gasteiger partial charge in [0.1, 0.15) is 0 Å². The molecule has 0 saturated heterocycles. The maximum atomic E-state index is 7.05. The van der Waals surface area contributed by atoms with Gasteiger partial charge in [-0.15, -0.1) is 0 Å². The number of aromatic nitrogens is 1. The van der Waals surface area contributed by atoms with Crippen LogP contribution in [-0.2, 0) is 0 Å². The molecule has 1 unspecified atom stereocenters. The van der Waals surface area contributed by atoms with Crippen LogP contribution in [0.4, 0.5) is 0 Å². The minimum atomic E-state index is -0.0563. The molecule has 0 aliphatic rings. The molecule has 13 heavy (non-hydrogen) atoms. The van der Waals surface area contributed by atoms with E-state index in [9.17, 15) is 0 Å². The summed E-state index contributed by atoms with van der Waals surface area (Å²) in [6, 6.07) is 3.73. The first-order chi connectivity index (χ1) is 6.38. The molecule has 1 heterocycles. The van der Waals surface area contributed by atoms with Crippen LogP contribution in [0.15, 0.2) is 36.7 Å². The standard InChI is InChI=1S/C11H12N2/c1-3-4-5-11(12-2)10-6-8-13-9-7-10/h3-4,6-9,11H,5H2,1H3. The van der Waals surface area contributed by atoms with Crippen LogP contribution < -0.4 is 0 Å². The van der Waals surface area contributed by atoms with Gasteiger partial charge in [-0.25, -0.2) is 6.57 Å². The van der Waals surface area contributed by atoms with E-state index >= 15 is 0 Å². The highest BCUT2D eigenvalue weighted by atomic mass is 14.7. The van der Waals surface area contributed by atoms with Crippen molar-refractivity contribution in [1.29, 1.82) is 0 Å². The lowest BCUT2D eigenvalue weighted by Gasteiger charge is -2.01. The Morgan fingerprint density at radius 2 is 2.23 bits per heavy atom. The number of rotatable bonds is 3. The summed E-state index contributed by atoms with van der Waals surface area (Å²) in [5.41, 5.74) is 1.04. The first-order valence-corrected chi connectivity index (χ1v) is 4.26. The van der Waals surface area contributed by atoms with Gasteiger partial charge in [-0.2, -0.15) is 0 Å². The molecule has 0 amide bonds. The predicted molar refractivity (Wildman–Crippen MR) is 53.0 cm³/mol. The molecule has 0 spiro atoms. The zero-order valence-corrected chi connectivity index (χ0v) is 7.64. The molecule has 0 fully saturated rings. The van der Waals surface area contributed by atoms with E-state index in [0.29, 0.717) is 0 Å². The first kappa shape index (κ1) is 9.47. The summed E-state index contributed by atoms with van der Waals surface area (Å²) in [7, 11) is 0. The smallest absolute Gasteiger partial charge is 0.252 e. The SMILES string of the molecule is [C-]#[N+]C(CC=CC)c1ccncc1. The Morgan fingerprint density at radius 1 is 1.54 bits per heavy atom. The number of hydrogen-bond acceptors (Lipinski definition) is 1. The molecule has 0 aliphatic heterocycles. The molecule has 2 heteroatoms. The lowest BCUT2D eigenvalue weighted by molar-refractivity contribution is 0.854. The van der Waals surface area contributed by atoms with Crippen molar-refractivity contribution in [3.63, 3.8) is 0 Å². The Labute approximate surface area is 78.8 Å². The third kappa shape index (κ3) is 2.72. The molecule has 66 valence electrons. The monoisotopic (exact) mass is 172 g/mol. The lowest BCUT2D eigenvalue weighted by Crippen LogP contribution is -1.91. The summed E-state index contributed by atoms with van der Waals surface area (Å²) in [5, 5.41) is 0. The minimum Gasteiger partial charge on any atom is -0.308 e. The van der Waals surface area contributed by atoms with Crippen LogP contribution in [0.25, 0.3) is 4.85 Å². The molecule has 0 aromatic carbocycles. The van der Waals surface area contributed by atoms with Gasteiger partial charge in [-0.05, 0) is 19.1 Å². The molecular formula is C11H12N2.